The number of carboxylic acids is 1. The third-order valence-corrected chi connectivity index (χ3v) is 6.82. The number of halogens is 1. The molecule has 1 atom stereocenters. The average Bonchev–Trinajstić information content (AvgIpc) is 2.81. The second-order valence-electron chi connectivity index (χ2n) is 8.56. The second-order valence-corrected chi connectivity index (χ2v) is 8.94. The van der Waals surface area contributed by atoms with Crippen molar-refractivity contribution in [1.82, 2.24) is 9.88 Å². The molecule has 0 aliphatic heterocycles. The number of hydrogen-bond acceptors (Lipinski definition) is 4. The van der Waals surface area contributed by atoms with Gasteiger partial charge in [0.2, 0.25) is 5.91 Å². The largest absolute Gasteiger partial charge is 0.478 e. The molecule has 6 nitrogen and oxygen atoms in total. The number of aromatic nitrogens is 1. The van der Waals surface area contributed by atoms with E-state index in [9.17, 15) is 14.7 Å². The number of nitrogens with two attached hydrogens (primary N) is 1. The summed E-state index contributed by atoms with van der Waals surface area (Å²) in [6.07, 6.45) is 3.81. The van der Waals surface area contributed by atoms with E-state index in [2.05, 4.69) is 4.90 Å². The normalized spacial score (nSPS) is 14.3. The monoisotopic (exact) mass is 465 g/mol. The van der Waals surface area contributed by atoms with E-state index in [0.29, 0.717) is 29.2 Å². The number of fused-ring (bicyclic) bond motifs is 2. The number of carbonyl (C=O) groups excluding carboxylic acids is 1. The van der Waals surface area contributed by atoms with Crippen LogP contribution in [-0.2, 0) is 24.2 Å². The van der Waals surface area contributed by atoms with Gasteiger partial charge in [-0.1, -0.05) is 48.9 Å². The van der Waals surface area contributed by atoms with Crippen LogP contribution in [0.4, 0.5) is 0 Å². The summed E-state index contributed by atoms with van der Waals surface area (Å²) in [5.74, 6) is -1.50. The van der Waals surface area contributed by atoms with Crippen molar-refractivity contribution in [3.05, 3.63) is 75.4 Å². The Hall–Kier alpha value is -2.96. The molecule has 3 aromatic rings. The molecule has 0 radical (unpaired) electrons. The topological polar surface area (TPSA) is 96.5 Å². The van der Waals surface area contributed by atoms with Crippen molar-refractivity contribution in [1.29, 1.82) is 0 Å². The number of aryl methyl sites for hydroxylation is 1. The molecule has 1 aliphatic rings. The van der Waals surface area contributed by atoms with E-state index in [1.807, 2.05) is 37.3 Å². The van der Waals surface area contributed by atoms with Gasteiger partial charge in [-0.2, -0.15) is 0 Å². The number of carboxylic acid groups (broad SMARTS) is 1. The number of amides is 1. The van der Waals surface area contributed by atoms with Crippen molar-refractivity contribution in [2.24, 2.45) is 5.73 Å². The zero-order valence-corrected chi connectivity index (χ0v) is 19.4. The molecule has 0 saturated heterocycles. The lowest BCUT2D eigenvalue weighted by atomic mass is 9.90. The maximum absolute atomic E-state index is 12.2. The smallest absolute Gasteiger partial charge is 0.335 e. The molecule has 1 amide bonds. The number of hydrogen-bond donors (Lipinski definition) is 2. The molecule has 3 N–H and O–H groups in total. The van der Waals surface area contributed by atoms with Gasteiger partial charge in [0.05, 0.1) is 16.1 Å². The van der Waals surface area contributed by atoms with Crippen LogP contribution in [0.15, 0.2) is 42.5 Å². The molecule has 1 aliphatic carbocycles. The molecular weight excluding hydrogens is 438 g/mol. The van der Waals surface area contributed by atoms with Crippen molar-refractivity contribution in [2.75, 3.05) is 6.54 Å². The third-order valence-electron chi connectivity index (χ3n) is 6.40. The molecule has 4 rings (SSSR count). The van der Waals surface area contributed by atoms with Gasteiger partial charge >= 0.3 is 5.97 Å². The van der Waals surface area contributed by atoms with Crippen molar-refractivity contribution in [3.8, 4) is 0 Å². The van der Waals surface area contributed by atoms with Gasteiger partial charge in [0.25, 0.3) is 0 Å². The Labute approximate surface area is 198 Å². The minimum absolute atomic E-state index is 0.0479. The Balaban J connectivity index is 1.93. The summed E-state index contributed by atoms with van der Waals surface area (Å²) < 4.78 is 0. The van der Waals surface area contributed by atoms with Crippen molar-refractivity contribution < 1.29 is 14.7 Å². The van der Waals surface area contributed by atoms with Crippen LogP contribution >= 0.6 is 11.6 Å². The van der Waals surface area contributed by atoms with Crippen LogP contribution < -0.4 is 5.73 Å². The average molecular weight is 466 g/mol. The van der Waals surface area contributed by atoms with Gasteiger partial charge in [-0.05, 0) is 61.1 Å². The summed E-state index contributed by atoms with van der Waals surface area (Å²) in [6, 6.07) is 12.7. The van der Waals surface area contributed by atoms with Crippen LogP contribution in [0.1, 0.15) is 65.0 Å². The Kier molecular flexibility index (Phi) is 6.96. The number of benzene rings is 2. The van der Waals surface area contributed by atoms with Gasteiger partial charge in [-0.3, -0.25) is 14.7 Å². The fourth-order valence-corrected chi connectivity index (χ4v) is 5.20. The number of carbonyl (C=O) groups is 2. The molecule has 0 fully saturated rings. The molecule has 33 heavy (non-hydrogen) atoms. The van der Waals surface area contributed by atoms with Crippen LogP contribution in [0.5, 0.6) is 0 Å². The highest BCUT2D eigenvalue weighted by Crippen LogP contribution is 2.40. The summed E-state index contributed by atoms with van der Waals surface area (Å²) in [5, 5.41) is 11.1. The van der Waals surface area contributed by atoms with Gasteiger partial charge in [0, 0.05) is 30.1 Å². The summed E-state index contributed by atoms with van der Waals surface area (Å²) in [4.78, 5) is 31.1. The van der Waals surface area contributed by atoms with E-state index in [1.54, 1.807) is 12.1 Å². The van der Waals surface area contributed by atoms with Gasteiger partial charge in [0.15, 0.2) is 0 Å². The van der Waals surface area contributed by atoms with E-state index in [1.165, 1.54) is 0 Å². The summed E-state index contributed by atoms with van der Waals surface area (Å²) in [5.41, 5.74) is 10.1. The van der Waals surface area contributed by atoms with Crippen LogP contribution in [0.3, 0.4) is 0 Å². The molecule has 0 spiro atoms. The quantitative estimate of drug-likeness (QED) is 0.493. The molecule has 172 valence electrons. The summed E-state index contributed by atoms with van der Waals surface area (Å²) >= 11 is 6.96. The van der Waals surface area contributed by atoms with Gasteiger partial charge in [0.1, 0.15) is 0 Å². The summed E-state index contributed by atoms with van der Waals surface area (Å²) in [6.45, 7) is 3.24. The van der Waals surface area contributed by atoms with Crippen molar-refractivity contribution >= 4 is 34.4 Å². The highest BCUT2D eigenvalue weighted by Gasteiger charge is 2.28. The Morgan fingerprint density at radius 3 is 2.58 bits per heavy atom. The predicted molar refractivity (Wildman–Crippen MR) is 129 cm³/mol. The molecule has 0 saturated carbocycles. The minimum atomic E-state index is -1.04. The van der Waals surface area contributed by atoms with Crippen molar-refractivity contribution in [2.45, 2.75) is 51.6 Å². The first-order valence-corrected chi connectivity index (χ1v) is 11.7. The van der Waals surface area contributed by atoms with Gasteiger partial charge < -0.3 is 10.8 Å². The fourth-order valence-electron chi connectivity index (χ4n) is 4.79. The molecule has 1 aromatic heterocycles. The number of primary amides is 1. The summed E-state index contributed by atoms with van der Waals surface area (Å²) in [7, 11) is 0. The maximum atomic E-state index is 12.2. The molecular formula is C26H28ClN3O3. The van der Waals surface area contributed by atoms with Gasteiger partial charge in [-0.15, -0.1) is 0 Å². The maximum Gasteiger partial charge on any atom is 0.335 e. The highest BCUT2D eigenvalue weighted by molar-refractivity contribution is 6.36. The number of nitrogens with zero attached hydrogens (tertiary/aromatic N) is 2. The van der Waals surface area contributed by atoms with E-state index < -0.39 is 17.9 Å². The molecule has 0 bridgehead atoms. The second kappa shape index (κ2) is 9.89. The highest BCUT2D eigenvalue weighted by atomic mass is 35.5. The lowest BCUT2D eigenvalue weighted by Gasteiger charge is -2.32. The zero-order valence-electron chi connectivity index (χ0n) is 18.7. The number of rotatable bonds is 8. The number of aromatic carboxylic acids is 1. The lowest BCUT2D eigenvalue weighted by Crippen LogP contribution is -2.32. The molecule has 1 heterocycles. The Bertz CT molecular complexity index is 1200. The fraction of sp³-hybridized carbons (Fsp3) is 0.346. The molecule has 7 heteroatoms. The minimum Gasteiger partial charge on any atom is -0.478 e. The van der Waals surface area contributed by atoms with E-state index in [-0.39, 0.29) is 12.0 Å². The Morgan fingerprint density at radius 1 is 1.18 bits per heavy atom. The van der Waals surface area contributed by atoms with Gasteiger partial charge in [-0.25, -0.2) is 4.79 Å². The Morgan fingerprint density at radius 2 is 1.91 bits per heavy atom. The predicted octanol–water partition coefficient (Wildman–Crippen LogP) is 4.90. The van der Waals surface area contributed by atoms with Crippen LogP contribution in [0, 0.1) is 0 Å². The standard InChI is InChI=1S/C26H28ClN3O3/c1-2-30(15-16-8-4-3-5-9-16)22(14-23(28)31)19-12-17(26(32)33)13-21-24(19)25(27)18-10-6-7-11-20(18)29-21/h3-5,8-9,12-13,22H,2,6-7,10-11,14-15H2,1H3,(H2,28,31)(H,32,33). The van der Waals surface area contributed by atoms with E-state index in [0.717, 1.165) is 47.9 Å². The SMILES string of the molecule is CCN(Cc1ccccc1)C(CC(N)=O)c1cc(C(=O)O)cc2nc3c(c(Cl)c12)CCCC3. The third kappa shape index (κ3) is 4.87. The zero-order chi connectivity index (χ0) is 23.5. The number of pyridine rings is 1. The first-order valence-electron chi connectivity index (χ1n) is 11.3. The van der Waals surface area contributed by atoms with E-state index >= 15 is 0 Å². The molecule has 1 unspecified atom stereocenters. The van der Waals surface area contributed by atoms with E-state index in [4.69, 9.17) is 22.3 Å². The van der Waals surface area contributed by atoms with Crippen LogP contribution in [-0.4, -0.2) is 33.4 Å². The van der Waals surface area contributed by atoms with Crippen molar-refractivity contribution in [3.63, 3.8) is 0 Å². The van der Waals surface area contributed by atoms with Crippen LogP contribution in [0.25, 0.3) is 10.9 Å². The van der Waals surface area contributed by atoms with Crippen LogP contribution in [0.2, 0.25) is 5.02 Å². The first-order chi connectivity index (χ1) is 15.9. The lowest BCUT2D eigenvalue weighted by molar-refractivity contribution is -0.119. The first kappa shape index (κ1) is 23.2. The molecule has 2 aromatic carbocycles.